The molecule has 4 aromatic rings. The van der Waals surface area contributed by atoms with Crippen molar-refractivity contribution in [3.63, 3.8) is 0 Å². The third-order valence-corrected chi connectivity index (χ3v) is 6.17. The van der Waals surface area contributed by atoms with Gasteiger partial charge in [0.2, 0.25) is 6.29 Å². The van der Waals surface area contributed by atoms with E-state index in [1.807, 2.05) is 48.5 Å². The summed E-state index contributed by atoms with van der Waals surface area (Å²) in [7, 11) is 0. The molecule has 5 rings (SSSR count). The average molecular weight is 479 g/mol. The molecule has 6 N–H and O–H groups in total. The van der Waals surface area contributed by atoms with Crippen molar-refractivity contribution >= 4 is 11.0 Å². The number of rotatable bonds is 6. The summed E-state index contributed by atoms with van der Waals surface area (Å²) < 4.78 is 10.6. The van der Waals surface area contributed by atoms with E-state index < -0.39 is 37.0 Å². The lowest BCUT2D eigenvalue weighted by atomic mass is 9.96. The minimum Gasteiger partial charge on any atom is -0.452 e. The first kappa shape index (κ1) is 23.4. The van der Waals surface area contributed by atoms with Crippen molar-refractivity contribution in [1.29, 1.82) is 0 Å². The van der Waals surface area contributed by atoms with Gasteiger partial charge in [-0.2, -0.15) is 0 Å². The highest BCUT2D eigenvalue weighted by Crippen LogP contribution is 2.34. The lowest BCUT2D eigenvalue weighted by Gasteiger charge is -2.45. The minimum absolute atomic E-state index is 0.0712. The van der Waals surface area contributed by atoms with E-state index in [2.05, 4.69) is 16.0 Å². The van der Waals surface area contributed by atoms with Gasteiger partial charge in [0.25, 0.3) is 5.79 Å². The largest absolute Gasteiger partial charge is 0.452 e. The van der Waals surface area contributed by atoms with Crippen molar-refractivity contribution in [3.8, 4) is 16.9 Å². The molecule has 0 aliphatic carbocycles. The normalized spacial score (nSPS) is 26.7. The zero-order valence-electron chi connectivity index (χ0n) is 18.7. The first-order chi connectivity index (χ1) is 16.9. The van der Waals surface area contributed by atoms with Crippen molar-refractivity contribution in [2.45, 2.75) is 36.8 Å². The highest BCUT2D eigenvalue weighted by molar-refractivity contribution is 5.82. The van der Waals surface area contributed by atoms with E-state index in [4.69, 9.17) is 9.47 Å². The number of hydrogen-bond donors (Lipinski definition) is 6. The van der Waals surface area contributed by atoms with Crippen molar-refractivity contribution in [3.05, 3.63) is 84.2 Å². The second-order valence-electron chi connectivity index (χ2n) is 8.58. The Hall–Kier alpha value is -3.31. The molecular weight excluding hydrogens is 452 g/mol. The van der Waals surface area contributed by atoms with E-state index in [0.717, 1.165) is 16.7 Å². The van der Waals surface area contributed by atoms with Gasteiger partial charge in [0.15, 0.2) is 11.9 Å². The van der Waals surface area contributed by atoms with Gasteiger partial charge in [-0.3, -0.25) is 0 Å². The molecule has 5 atom stereocenters. The van der Waals surface area contributed by atoms with Crippen LogP contribution in [0.4, 0.5) is 0 Å². The molecule has 0 unspecified atom stereocenters. The zero-order chi connectivity index (χ0) is 24.6. The molecule has 1 aliphatic rings. The van der Waals surface area contributed by atoms with Crippen LogP contribution in [0.1, 0.15) is 11.4 Å². The summed E-state index contributed by atoms with van der Waals surface area (Å²) in [6.07, 6.45) is -6.42. The number of aromatic amines is 1. The SMILES string of the molecule is OC[C@H]1O[C@@H](O)[C@@](O)(Oc2cccc3[nH]c(Cc4cccc(-c5ccccc5)c4)nc23)[C@@H](O)[C@@H]1O. The smallest absolute Gasteiger partial charge is 0.288 e. The first-order valence-corrected chi connectivity index (χ1v) is 11.2. The second-order valence-corrected chi connectivity index (χ2v) is 8.58. The fraction of sp³-hybridized carbons (Fsp3) is 0.269. The molecule has 0 spiro atoms. The molecule has 1 aromatic heterocycles. The summed E-state index contributed by atoms with van der Waals surface area (Å²) in [6.45, 7) is -0.658. The minimum atomic E-state index is -2.68. The van der Waals surface area contributed by atoms with Gasteiger partial charge in [0.05, 0.1) is 12.1 Å². The van der Waals surface area contributed by atoms with Crippen LogP contribution in [0.5, 0.6) is 5.75 Å². The Morgan fingerprint density at radius 1 is 0.943 bits per heavy atom. The van der Waals surface area contributed by atoms with E-state index in [9.17, 15) is 25.5 Å². The summed E-state index contributed by atoms with van der Waals surface area (Å²) in [5.74, 6) is -1.96. The van der Waals surface area contributed by atoms with Gasteiger partial charge in [-0.15, -0.1) is 0 Å². The Labute approximate surface area is 200 Å². The van der Waals surface area contributed by atoms with Crippen molar-refractivity contribution in [1.82, 2.24) is 9.97 Å². The van der Waals surface area contributed by atoms with E-state index >= 15 is 0 Å². The number of aliphatic hydroxyl groups is 5. The monoisotopic (exact) mass is 478 g/mol. The maximum Gasteiger partial charge on any atom is 0.288 e. The van der Waals surface area contributed by atoms with Crippen LogP contribution in [0.2, 0.25) is 0 Å². The molecule has 9 heteroatoms. The molecule has 1 aliphatic heterocycles. The second kappa shape index (κ2) is 9.38. The van der Waals surface area contributed by atoms with Crippen LogP contribution < -0.4 is 4.74 Å². The van der Waals surface area contributed by atoms with Crippen molar-refractivity contribution in [2.75, 3.05) is 6.61 Å². The Balaban J connectivity index is 1.42. The van der Waals surface area contributed by atoms with Gasteiger partial charge in [-0.1, -0.05) is 60.7 Å². The molecule has 9 nitrogen and oxygen atoms in total. The number of nitrogens with zero attached hydrogens (tertiary/aromatic N) is 1. The molecule has 0 saturated carbocycles. The Bertz CT molecular complexity index is 1310. The molecule has 0 amide bonds. The van der Waals surface area contributed by atoms with Crippen LogP contribution in [0, 0.1) is 0 Å². The number of para-hydroxylation sites is 1. The Morgan fingerprint density at radius 3 is 2.46 bits per heavy atom. The Kier molecular flexibility index (Phi) is 6.28. The predicted octanol–water partition coefficient (Wildman–Crippen LogP) is 1.32. The number of benzene rings is 3. The molecule has 182 valence electrons. The van der Waals surface area contributed by atoms with Crippen LogP contribution in [0.15, 0.2) is 72.8 Å². The lowest BCUT2D eigenvalue weighted by Crippen LogP contribution is -2.69. The van der Waals surface area contributed by atoms with Gasteiger partial charge in [-0.25, -0.2) is 4.98 Å². The highest BCUT2D eigenvalue weighted by Gasteiger charge is 2.57. The molecule has 2 heterocycles. The van der Waals surface area contributed by atoms with Gasteiger partial charge in [-0.05, 0) is 28.8 Å². The standard InChI is InChI=1S/C26H26N2O7/c29-14-20-23(30)24(31)26(33,25(32)34-20)35-19-11-5-10-18-22(19)28-21(27-18)13-15-6-4-9-17(12-15)16-7-2-1-3-8-16/h1-12,20,23-25,29-33H,13-14H2,(H,27,28)/t20-,23-,24+,25-,26+/m1/s1. The number of hydrogen-bond acceptors (Lipinski definition) is 8. The van der Waals surface area contributed by atoms with E-state index in [0.29, 0.717) is 23.3 Å². The number of nitrogens with one attached hydrogen (secondary N) is 1. The van der Waals surface area contributed by atoms with E-state index in [1.54, 1.807) is 12.1 Å². The quantitative estimate of drug-likeness (QED) is 0.227. The molecule has 0 bridgehead atoms. The molecule has 0 radical (unpaired) electrons. The van der Waals surface area contributed by atoms with Gasteiger partial charge < -0.3 is 40.0 Å². The van der Waals surface area contributed by atoms with Crippen LogP contribution in [0.25, 0.3) is 22.2 Å². The van der Waals surface area contributed by atoms with Crippen molar-refractivity contribution in [2.24, 2.45) is 0 Å². The van der Waals surface area contributed by atoms with Crippen LogP contribution in [0.3, 0.4) is 0 Å². The van der Waals surface area contributed by atoms with Crippen LogP contribution >= 0.6 is 0 Å². The van der Waals surface area contributed by atoms with Crippen molar-refractivity contribution < 1.29 is 35.0 Å². The fourth-order valence-corrected chi connectivity index (χ4v) is 4.28. The zero-order valence-corrected chi connectivity index (χ0v) is 18.7. The number of aromatic nitrogens is 2. The number of fused-ring (bicyclic) bond motifs is 1. The maximum atomic E-state index is 10.9. The molecular formula is C26H26N2O7. The lowest BCUT2D eigenvalue weighted by molar-refractivity contribution is -0.385. The topological polar surface area (TPSA) is 148 Å². The summed E-state index contributed by atoms with van der Waals surface area (Å²) in [5, 5.41) is 50.9. The highest BCUT2D eigenvalue weighted by atomic mass is 16.7. The number of ether oxygens (including phenoxy) is 2. The summed E-state index contributed by atoms with van der Waals surface area (Å²) in [4.78, 5) is 7.84. The summed E-state index contributed by atoms with van der Waals surface area (Å²) in [5.41, 5.74) is 4.23. The van der Waals surface area contributed by atoms with E-state index in [-0.39, 0.29) is 5.75 Å². The van der Waals surface area contributed by atoms with Gasteiger partial charge in [0.1, 0.15) is 23.5 Å². The number of H-pyrrole nitrogens is 1. The molecule has 1 fully saturated rings. The Morgan fingerprint density at radius 2 is 1.69 bits per heavy atom. The third-order valence-electron chi connectivity index (χ3n) is 6.17. The predicted molar refractivity (Wildman–Crippen MR) is 126 cm³/mol. The molecule has 3 aromatic carbocycles. The van der Waals surface area contributed by atoms with Gasteiger partial charge >= 0.3 is 0 Å². The van der Waals surface area contributed by atoms with Gasteiger partial charge in [0, 0.05) is 6.42 Å². The van der Waals surface area contributed by atoms with E-state index in [1.165, 1.54) is 6.07 Å². The average Bonchev–Trinajstić information content (AvgIpc) is 3.29. The summed E-state index contributed by atoms with van der Waals surface area (Å²) in [6, 6.07) is 23.1. The third kappa shape index (κ3) is 4.41. The molecule has 1 saturated heterocycles. The number of aliphatic hydroxyl groups excluding tert-OH is 4. The van der Waals surface area contributed by atoms with Crippen LogP contribution in [-0.4, -0.2) is 72.5 Å². The van der Waals surface area contributed by atoms with Crippen LogP contribution in [-0.2, 0) is 11.2 Å². The summed E-state index contributed by atoms with van der Waals surface area (Å²) >= 11 is 0. The maximum absolute atomic E-state index is 10.9. The first-order valence-electron chi connectivity index (χ1n) is 11.2. The molecule has 35 heavy (non-hydrogen) atoms. The fourth-order valence-electron chi connectivity index (χ4n) is 4.28. The number of imidazole rings is 1.